The fourth-order valence-electron chi connectivity index (χ4n) is 4.22. The van der Waals surface area contributed by atoms with Gasteiger partial charge in [-0.3, -0.25) is 4.79 Å². The molecule has 204 valence electrons. The van der Waals surface area contributed by atoms with Gasteiger partial charge in [-0.1, -0.05) is 24.3 Å². The number of nitrogens with zero attached hydrogens (tertiary/aromatic N) is 1. The fraction of sp³-hybridized carbons (Fsp3) is 0.250. The van der Waals surface area contributed by atoms with Crippen molar-refractivity contribution in [3.05, 3.63) is 81.8 Å². The van der Waals surface area contributed by atoms with E-state index in [1.807, 2.05) is 29.2 Å². The second-order valence-corrected chi connectivity index (χ2v) is 10.5. The second-order valence-electron chi connectivity index (χ2n) is 8.60. The number of carbonyl (C=O) groups is 3. The third kappa shape index (κ3) is 6.66. The summed E-state index contributed by atoms with van der Waals surface area (Å²) >= 11 is 5.07. The Morgan fingerprint density at radius 1 is 0.949 bits per heavy atom. The highest BCUT2D eigenvalue weighted by atomic mass is 79.9. The Balaban J connectivity index is 1.45. The Bertz CT molecular complexity index is 1390. The van der Waals surface area contributed by atoms with Crippen molar-refractivity contribution in [1.29, 1.82) is 0 Å². The number of para-hydroxylation sites is 1. The Morgan fingerprint density at radius 2 is 1.69 bits per heavy atom. The molecule has 1 aliphatic heterocycles. The maximum absolute atomic E-state index is 13.4. The molecular weight excluding hydrogens is 586 g/mol. The molecule has 0 aliphatic carbocycles. The number of nitrogens with one attached hydrogen (secondary N) is 2. The number of urea groups is 1. The minimum Gasteiger partial charge on any atom is -0.496 e. The maximum atomic E-state index is 13.4. The third-order valence-electron chi connectivity index (χ3n) is 6.21. The summed E-state index contributed by atoms with van der Waals surface area (Å²) in [7, 11) is 4.32. The van der Waals surface area contributed by atoms with Crippen LogP contribution in [0, 0.1) is 0 Å². The van der Waals surface area contributed by atoms with Gasteiger partial charge in [-0.2, -0.15) is 0 Å². The summed E-state index contributed by atoms with van der Waals surface area (Å²) in [5, 5.41) is 5.57. The highest BCUT2D eigenvalue weighted by molar-refractivity contribution is 9.10. The SMILES string of the molecule is COC(=O)c1ccc(C2CSCN2C(=O)Cc2ccc(NC(=O)Nc3ccccc3Br)c(OC)c2)cc1OC. The van der Waals surface area contributed by atoms with Gasteiger partial charge in [0.2, 0.25) is 5.91 Å². The molecule has 1 aliphatic rings. The van der Waals surface area contributed by atoms with Crippen molar-refractivity contribution in [3.8, 4) is 11.5 Å². The lowest BCUT2D eigenvalue weighted by atomic mass is 10.0. The zero-order valence-electron chi connectivity index (χ0n) is 21.7. The van der Waals surface area contributed by atoms with Crippen LogP contribution >= 0.6 is 27.7 Å². The van der Waals surface area contributed by atoms with E-state index in [1.165, 1.54) is 21.3 Å². The molecule has 3 amide bonds. The molecule has 0 radical (unpaired) electrons. The summed E-state index contributed by atoms with van der Waals surface area (Å²) in [5.41, 5.74) is 3.07. The van der Waals surface area contributed by atoms with Crippen LogP contribution < -0.4 is 20.1 Å². The van der Waals surface area contributed by atoms with E-state index in [0.717, 1.165) is 21.4 Å². The van der Waals surface area contributed by atoms with Crippen LogP contribution in [0.3, 0.4) is 0 Å². The fourth-order valence-corrected chi connectivity index (χ4v) is 5.83. The molecule has 1 unspecified atom stereocenters. The smallest absolute Gasteiger partial charge is 0.341 e. The standard InChI is InChI=1S/C28H28BrN3O6S/c1-36-24-14-18(9-10-19(24)27(34)38-3)23-15-39-16-32(23)26(33)13-17-8-11-22(25(12-17)37-2)31-28(35)30-21-7-5-4-6-20(21)29/h4-12,14,23H,13,15-16H2,1-3H3,(H2,30,31,35). The molecule has 1 heterocycles. The van der Waals surface area contributed by atoms with Gasteiger partial charge < -0.3 is 29.7 Å². The predicted octanol–water partition coefficient (Wildman–Crippen LogP) is 5.71. The number of ether oxygens (including phenoxy) is 3. The lowest BCUT2D eigenvalue weighted by Crippen LogP contribution is -2.32. The van der Waals surface area contributed by atoms with Crippen molar-refractivity contribution in [2.75, 3.05) is 43.6 Å². The average molecular weight is 615 g/mol. The second kappa shape index (κ2) is 12.9. The average Bonchev–Trinajstić information content (AvgIpc) is 3.44. The normalized spacial score (nSPS) is 14.5. The first-order valence-corrected chi connectivity index (χ1v) is 13.9. The van der Waals surface area contributed by atoms with E-state index >= 15 is 0 Å². The number of carbonyl (C=O) groups excluding carboxylic acids is 3. The van der Waals surface area contributed by atoms with Crippen molar-refractivity contribution in [2.24, 2.45) is 0 Å². The Morgan fingerprint density at radius 3 is 2.41 bits per heavy atom. The third-order valence-corrected chi connectivity index (χ3v) is 7.91. The van der Waals surface area contributed by atoms with Gasteiger partial charge in [-0.25, -0.2) is 9.59 Å². The van der Waals surface area contributed by atoms with Crippen LogP contribution in [0.2, 0.25) is 0 Å². The van der Waals surface area contributed by atoms with E-state index in [-0.39, 0.29) is 18.4 Å². The molecule has 2 N–H and O–H groups in total. The van der Waals surface area contributed by atoms with E-state index in [0.29, 0.717) is 34.3 Å². The number of amides is 3. The number of hydrogen-bond donors (Lipinski definition) is 2. The van der Waals surface area contributed by atoms with Crippen LogP contribution in [0.15, 0.2) is 65.1 Å². The number of anilines is 2. The number of hydrogen-bond acceptors (Lipinski definition) is 7. The van der Waals surface area contributed by atoms with E-state index in [2.05, 4.69) is 26.6 Å². The highest BCUT2D eigenvalue weighted by Crippen LogP contribution is 2.36. The van der Waals surface area contributed by atoms with Crippen molar-refractivity contribution in [1.82, 2.24) is 4.90 Å². The molecule has 1 saturated heterocycles. The van der Waals surface area contributed by atoms with Gasteiger partial charge in [-0.15, -0.1) is 11.8 Å². The lowest BCUT2D eigenvalue weighted by Gasteiger charge is -2.25. The summed E-state index contributed by atoms with van der Waals surface area (Å²) in [6.07, 6.45) is 0.161. The molecule has 11 heteroatoms. The first kappa shape index (κ1) is 28.3. The minimum absolute atomic E-state index is 0.0459. The number of benzene rings is 3. The monoisotopic (exact) mass is 613 g/mol. The number of halogens is 1. The topological polar surface area (TPSA) is 106 Å². The van der Waals surface area contributed by atoms with Gasteiger partial charge in [0, 0.05) is 10.2 Å². The maximum Gasteiger partial charge on any atom is 0.341 e. The van der Waals surface area contributed by atoms with E-state index < -0.39 is 12.0 Å². The van der Waals surface area contributed by atoms with E-state index in [9.17, 15) is 14.4 Å². The number of thioether (sulfide) groups is 1. The summed E-state index contributed by atoms with van der Waals surface area (Å²) in [6.45, 7) is 0. The highest BCUT2D eigenvalue weighted by Gasteiger charge is 2.31. The van der Waals surface area contributed by atoms with Crippen LogP contribution in [0.5, 0.6) is 11.5 Å². The van der Waals surface area contributed by atoms with Crippen LogP contribution in [-0.4, -0.2) is 55.8 Å². The zero-order valence-corrected chi connectivity index (χ0v) is 24.1. The lowest BCUT2D eigenvalue weighted by molar-refractivity contribution is -0.131. The molecule has 1 atom stereocenters. The quantitative estimate of drug-likeness (QED) is 0.313. The molecule has 0 saturated carbocycles. The van der Waals surface area contributed by atoms with Gasteiger partial charge in [0.15, 0.2) is 0 Å². The summed E-state index contributed by atoms with van der Waals surface area (Å²) in [4.78, 5) is 39.7. The van der Waals surface area contributed by atoms with Crippen molar-refractivity contribution in [2.45, 2.75) is 12.5 Å². The Kier molecular flexibility index (Phi) is 9.36. The number of esters is 1. The molecule has 0 bridgehead atoms. The van der Waals surface area contributed by atoms with Gasteiger partial charge in [0.25, 0.3) is 0 Å². The minimum atomic E-state index is -0.482. The van der Waals surface area contributed by atoms with E-state index in [1.54, 1.807) is 48.2 Å². The summed E-state index contributed by atoms with van der Waals surface area (Å²) in [5.74, 6) is 1.60. The first-order valence-electron chi connectivity index (χ1n) is 12.0. The molecule has 3 aromatic rings. The summed E-state index contributed by atoms with van der Waals surface area (Å²) < 4.78 is 16.5. The Hall–Kier alpha value is -3.70. The van der Waals surface area contributed by atoms with Crippen LogP contribution in [0.25, 0.3) is 0 Å². The van der Waals surface area contributed by atoms with Gasteiger partial charge >= 0.3 is 12.0 Å². The largest absolute Gasteiger partial charge is 0.496 e. The van der Waals surface area contributed by atoms with Crippen molar-refractivity contribution in [3.63, 3.8) is 0 Å². The molecule has 0 aromatic heterocycles. The Labute approximate surface area is 239 Å². The molecule has 4 rings (SSSR count). The number of rotatable bonds is 8. The van der Waals surface area contributed by atoms with Crippen molar-refractivity contribution >= 4 is 57.0 Å². The van der Waals surface area contributed by atoms with Crippen LogP contribution in [0.4, 0.5) is 16.2 Å². The first-order chi connectivity index (χ1) is 18.8. The van der Waals surface area contributed by atoms with Crippen LogP contribution in [0.1, 0.15) is 27.5 Å². The zero-order chi connectivity index (χ0) is 27.9. The van der Waals surface area contributed by atoms with Crippen LogP contribution in [-0.2, 0) is 16.0 Å². The van der Waals surface area contributed by atoms with Gasteiger partial charge in [-0.05, 0) is 63.5 Å². The van der Waals surface area contributed by atoms with Gasteiger partial charge in [0.05, 0.1) is 51.0 Å². The molecular formula is C28H28BrN3O6S. The molecule has 39 heavy (non-hydrogen) atoms. The molecule has 1 fully saturated rings. The molecule has 0 spiro atoms. The summed E-state index contributed by atoms with van der Waals surface area (Å²) in [6, 6.07) is 17.2. The number of methoxy groups -OCH3 is 3. The molecule has 3 aromatic carbocycles. The molecule has 9 nitrogen and oxygen atoms in total. The predicted molar refractivity (Wildman–Crippen MR) is 155 cm³/mol. The van der Waals surface area contributed by atoms with Gasteiger partial charge in [0.1, 0.15) is 17.1 Å². The van der Waals surface area contributed by atoms with Crippen molar-refractivity contribution < 1.29 is 28.6 Å². The van der Waals surface area contributed by atoms with E-state index in [4.69, 9.17) is 14.2 Å².